The quantitative estimate of drug-likeness (QED) is 0.130. The molecular formula is C52H62Ar8Cl4N4P4Ru2-2. The topological polar surface area (TPSA) is 73.4 Å². The Morgan fingerprint density at radius 2 is 0.757 bits per heavy atom. The maximum Gasteiger partial charge on any atom is 0.0270 e. The van der Waals surface area contributed by atoms with Gasteiger partial charge in [0.05, 0.1) is 0 Å². The van der Waals surface area contributed by atoms with E-state index < -0.39 is 0 Å². The first kappa shape index (κ1) is 89.7. The number of hydrogen-bond donors (Lipinski definition) is 0. The molecule has 4 aromatic carbocycles. The number of hydrogen-bond acceptors (Lipinski definition) is 2. The zero-order valence-electron chi connectivity index (χ0n) is 40.0. The molecule has 2 N–H and O–H groups in total. The van der Waals surface area contributed by atoms with Crippen molar-refractivity contribution in [1.29, 1.82) is 0 Å². The van der Waals surface area contributed by atoms with Crippen LogP contribution in [0.15, 0.2) is 122 Å². The standard InChI is InChI=1S/2C20H24P2.2C6H7N2.8Ar.4ClH.2Ru/c2*21-17-11-9-13-5-1-3-7-15(13)19(17)20-16-8-4-2-6-14(16)10-12-18(20)22;2*7-5-6-3-1-2-4-8-6;;;;;;;;;;;;;;/h2*1,3,5,7,10,12,17,19H,2,4,6,8-9,11,21-22H2;2*1-4,7H,5H2;;;;;;;;;4*1H;;/q;;2*-1;;;;;;;;;;;;;2*+2/p-4/t17?,19-;17-,19+;;;;;;;;;;;;;;;;/m11................/s1. The minimum absolute atomic E-state index is 0. The van der Waals surface area contributed by atoms with E-state index in [1.165, 1.54) is 87.7 Å². The van der Waals surface area contributed by atoms with Crippen molar-refractivity contribution in [1.82, 2.24) is 9.97 Å². The molecule has 4 aliphatic carbocycles. The molecule has 0 fully saturated rings. The van der Waals surface area contributed by atoms with E-state index in [1.54, 1.807) is 68.0 Å². The predicted octanol–water partition coefficient (Wildman–Crippen LogP) is 14.8. The summed E-state index contributed by atoms with van der Waals surface area (Å²) in [5.74, 6) is 1.10. The van der Waals surface area contributed by atoms with Crippen molar-refractivity contribution in [2.24, 2.45) is 0 Å². The molecule has 6 aromatic rings. The molecule has 74 heavy (non-hydrogen) atoms. The van der Waals surface area contributed by atoms with Gasteiger partial charge in [0.15, 0.2) is 0 Å². The zero-order valence-corrected chi connectivity index (χ0v) is 56.8. The molecule has 4 nitrogen and oxygen atoms in total. The third-order valence-electron chi connectivity index (χ3n) is 12.8. The second kappa shape index (κ2) is 53.0. The van der Waals surface area contributed by atoms with Gasteiger partial charge in [0, 0.05) is 338 Å². The largest absolute Gasteiger partial charge is 0.672 e. The summed E-state index contributed by atoms with van der Waals surface area (Å²) in [6, 6.07) is 38.8. The smallest absolute Gasteiger partial charge is 0.0270 e. The summed E-state index contributed by atoms with van der Waals surface area (Å²) >= 11 is -0.691. The van der Waals surface area contributed by atoms with Gasteiger partial charge in [-0.05, 0) is 179 Å². The number of nitrogens with zero attached hydrogens (tertiary/aromatic N) is 2. The average Bonchev–Trinajstić information content (AvgIpc) is 3.36. The van der Waals surface area contributed by atoms with Crippen molar-refractivity contribution in [3.63, 3.8) is 0 Å². The number of aryl methyl sites for hydroxylation is 4. The molecule has 2 aromatic heterocycles. The molecule has 0 aliphatic heterocycles. The van der Waals surface area contributed by atoms with Crippen LogP contribution >= 0.6 is 75.7 Å². The number of benzene rings is 4. The predicted molar refractivity (Wildman–Crippen MR) is 293 cm³/mol. The maximum atomic E-state index is 6.88. The second-order valence-electron chi connectivity index (χ2n) is 16.7. The summed E-state index contributed by atoms with van der Waals surface area (Å²) in [5, 5.41) is 2.82. The molecule has 8 atom stereocenters. The van der Waals surface area contributed by atoms with E-state index in [-0.39, 0.29) is 345 Å². The molecule has 420 valence electrons. The van der Waals surface area contributed by atoms with Crippen LogP contribution in [0.2, 0.25) is 0 Å². The minimum atomic E-state index is -0.346. The Labute approximate surface area is 724 Å². The third kappa shape index (κ3) is 29.5. The van der Waals surface area contributed by atoms with Gasteiger partial charge < -0.3 is 11.5 Å². The summed E-state index contributed by atoms with van der Waals surface area (Å²) < 4.78 is 0. The van der Waals surface area contributed by atoms with Crippen LogP contribution in [-0.2, 0) is 81.9 Å². The van der Waals surface area contributed by atoms with Gasteiger partial charge in [0.25, 0.3) is 0 Å². The van der Waals surface area contributed by atoms with Gasteiger partial charge in [-0.3, -0.25) is 9.97 Å². The van der Waals surface area contributed by atoms with Gasteiger partial charge in [0.1, 0.15) is 0 Å². The first-order valence-corrected chi connectivity index (χ1v) is 33.9. The molecule has 0 bridgehead atoms. The van der Waals surface area contributed by atoms with E-state index in [2.05, 4.69) is 120 Å². The van der Waals surface area contributed by atoms with Crippen LogP contribution in [0, 0.1) is 302 Å². The normalized spacial score (nSPS) is 16.7. The van der Waals surface area contributed by atoms with Crippen molar-refractivity contribution in [2.45, 2.75) is 113 Å². The van der Waals surface area contributed by atoms with Crippen molar-refractivity contribution in [3.8, 4) is 0 Å². The summed E-state index contributed by atoms with van der Waals surface area (Å²) in [6.45, 7) is 0.557. The fraction of sp³-hybridized carbons (Fsp3) is 0.346. The molecule has 0 saturated carbocycles. The molecule has 0 amide bonds. The molecule has 0 radical (unpaired) electrons. The van der Waals surface area contributed by atoms with Gasteiger partial charge in [0.2, 0.25) is 0 Å². The molecule has 4 aliphatic rings. The first-order chi connectivity index (χ1) is 32.2. The van der Waals surface area contributed by atoms with E-state index in [0.717, 1.165) is 11.4 Å². The Bertz CT molecular complexity index is 2240. The molecule has 2 heterocycles. The van der Waals surface area contributed by atoms with E-state index in [4.69, 9.17) is 50.2 Å². The molecule has 5 unspecified atom stereocenters. The summed E-state index contributed by atoms with van der Waals surface area (Å²) in [6.07, 6.45) is 18.9. The molecule has 10 rings (SSSR count). The van der Waals surface area contributed by atoms with Crippen molar-refractivity contribution >= 4 is 86.3 Å². The van der Waals surface area contributed by atoms with Crippen molar-refractivity contribution < 1.29 is 332 Å². The van der Waals surface area contributed by atoms with E-state index >= 15 is 0 Å². The number of aromatic nitrogens is 2. The van der Waals surface area contributed by atoms with Crippen LogP contribution in [0.3, 0.4) is 0 Å². The number of pyridine rings is 2. The summed E-state index contributed by atoms with van der Waals surface area (Å²) in [4.78, 5) is 7.82. The van der Waals surface area contributed by atoms with Gasteiger partial charge in [-0.15, -0.1) is 50.0 Å². The van der Waals surface area contributed by atoms with Gasteiger partial charge >= 0.3 is 69.1 Å². The number of rotatable bonds is 4. The zero-order chi connectivity index (χ0) is 47.3. The number of nitrogens with one attached hydrogen (secondary N) is 2. The number of fused-ring (bicyclic) bond motifs is 4. The van der Waals surface area contributed by atoms with Crippen LogP contribution < -0.4 is 10.6 Å². The molecular weight excluding hydrogens is 1470 g/mol. The van der Waals surface area contributed by atoms with Crippen LogP contribution in [0.4, 0.5) is 0 Å². The minimum Gasteiger partial charge on any atom is -0.672 e. The van der Waals surface area contributed by atoms with Crippen LogP contribution in [0.25, 0.3) is 11.5 Å². The SMILES string of the molecule is Pc1ccc2c(c1[C@@H]1c3ccccc3CCC1P)CCCC2.Pc1ccc2c(c1[C@H]1c3ccccc3CC[C@H]1P)CCCC2.[Ar].[Ar].[Ar].[Ar].[Ar].[Ar].[Ar].[Ar].[Cl][Ru][Cl].[Cl][Ru][Cl].[NH-]Cc1ccccn1.[NH-]Cc1ccccn1. The molecule has 0 saturated heterocycles. The summed E-state index contributed by atoms with van der Waals surface area (Å²) in [5.41, 5.74) is 32.7. The number of halogens is 4. The Morgan fingerprint density at radius 1 is 0.432 bits per heavy atom. The Balaban J connectivity index is -0.000000441. The third-order valence-corrected chi connectivity index (χ3v) is 15.2. The summed E-state index contributed by atoms with van der Waals surface area (Å²) in [7, 11) is 31.7. The Hall–Kier alpha value is 9.30. The van der Waals surface area contributed by atoms with Crippen LogP contribution in [-0.4, -0.2) is 21.3 Å². The van der Waals surface area contributed by atoms with Crippen LogP contribution in [0.1, 0.15) is 117 Å². The van der Waals surface area contributed by atoms with Crippen molar-refractivity contribution in [2.75, 3.05) is 0 Å². The monoisotopic (exact) mass is 1530 g/mol. The van der Waals surface area contributed by atoms with Gasteiger partial charge in [-0.1, -0.05) is 84.9 Å². The second-order valence-corrected chi connectivity index (χ2v) is 24.9. The maximum absolute atomic E-state index is 6.88. The van der Waals surface area contributed by atoms with Gasteiger partial charge in [-0.2, -0.15) is 0 Å². The Morgan fingerprint density at radius 3 is 1.07 bits per heavy atom. The van der Waals surface area contributed by atoms with E-state index in [9.17, 15) is 0 Å². The van der Waals surface area contributed by atoms with Gasteiger partial charge in [-0.25, -0.2) is 0 Å². The Kier molecular flexibility index (Phi) is 64.3. The first-order valence-electron chi connectivity index (χ1n) is 22.5. The average molecular weight is 1530 g/mol. The van der Waals surface area contributed by atoms with Crippen LogP contribution in [0.5, 0.6) is 0 Å². The van der Waals surface area contributed by atoms with E-state index in [0.29, 0.717) is 23.2 Å². The van der Waals surface area contributed by atoms with Crippen molar-refractivity contribution in [3.05, 3.63) is 200 Å². The molecule has 0 spiro atoms. The fourth-order valence-corrected chi connectivity index (χ4v) is 11.8. The molecule has 22 heteroatoms. The fourth-order valence-electron chi connectivity index (χ4n) is 9.80. The van der Waals surface area contributed by atoms with E-state index in [1.807, 2.05) is 36.4 Å².